The van der Waals surface area contributed by atoms with Crippen LogP contribution < -0.4 is 10.2 Å². The fourth-order valence-electron chi connectivity index (χ4n) is 2.21. The predicted molar refractivity (Wildman–Crippen MR) is 76.8 cm³/mol. The van der Waals surface area contributed by atoms with Crippen LogP contribution >= 0.6 is 11.6 Å². The number of benzene rings is 1. The van der Waals surface area contributed by atoms with Gasteiger partial charge in [-0.1, -0.05) is 11.6 Å². The molecule has 0 spiro atoms. The summed E-state index contributed by atoms with van der Waals surface area (Å²) in [5, 5.41) is 13.9. The van der Waals surface area contributed by atoms with Crippen LogP contribution in [0.4, 0.5) is 5.69 Å². The third-order valence-corrected chi connectivity index (χ3v) is 3.60. The Balaban J connectivity index is 1.93. The van der Waals surface area contributed by atoms with Crippen molar-refractivity contribution in [2.24, 2.45) is 0 Å². The lowest BCUT2D eigenvalue weighted by Crippen LogP contribution is -3.14. The average molecular weight is 315 g/mol. The number of nitro groups is 1. The Morgan fingerprint density at radius 3 is 2.81 bits per heavy atom. The number of quaternary nitrogens is 1. The van der Waals surface area contributed by atoms with Gasteiger partial charge in [-0.05, 0) is 12.1 Å². The minimum atomic E-state index is -0.585. The van der Waals surface area contributed by atoms with Crippen LogP contribution in [0.2, 0.25) is 5.02 Å². The van der Waals surface area contributed by atoms with E-state index in [0.29, 0.717) is 11.6 Å². The van der Waals surface area contributed by atoms with Crippen LogP contribution in [0.1, 0.15) is 10.4 Å². The zero-order valence-corrected chi connectivity index (χ0v) is 12.2. The second-order valence-electron chi connectivity index (χ2n) is 4.79. The maximum atomic E-state index is 12.1. The summed E-state index contributed by atoms with van der Waals surface area (Å²) in [6.07, 6.45) is 0. The maximum Gasteiger partial charge on any atom is 0.282 e. The van der Waals surface area contributed by atoms with E-state index in [1.807, 2.05) is 0 Å². The standard InChI is InChI=1S/C13H16ClN3O4/c14-10-1-2-12(17(19)20)11(9-10)13(18)15-3-4-16-5-7-21-8-6-16/h1-2,9H,3-8H2,(H,15,18)/p+1. The molecule has 0 aliphatic carbocycles. The quantitative estimate of drug-likeness (QED) is 0.587. The van der Waals surface area contributed by atoms with Crippen LogP contribution in [-0.2, 0) is 4.74 Å². The van der Waals surface area contributed by atoms with Crippen molar-refractivity contribution >= 4 is 23.2 Å². The van der Waals surface area contributed by atoms with Gasteiger partial charge in [0.2, 0.25) is 0 Å². The minimum absolute atomic E-state index is 0.00974. The fourth-order valence-corrected chi connectivity index (χ4v) is 2.38. The molecule has 2 N–H and O–H groups in total. The third-order valence-electron chi connectivity index (χ3n) is 3.36. The Hall–Kier alpha value is -1.70. The lowest BCUT2D eigenvalue weighted by atomic mass is 10.1. The first kappa shape index (κ1) is 15.7. The first-order chi connectivity index (χ1) is 10.1. The highest BCUT2D eigenvalue weighted by Crippen LogP contribution is 2.22. The number of carbonyl (C=O) groups is 1. The molecule has 1 fully saturated rings. The smallest absolute Gasteiger partial charge is 0.282 e. The number of hydrogen-bond acceptors (Lipinski definition) is 4. The largest absolute Gasteiger partial charge is 0.370 e. The first-order valence-electron chi connectivity index (χ1n) is 6.71. The molecule has 1 aromatic rings. The van der Waals surface area contributed by atoms with Gasteiger partial charge in [-0.3, -0.25) is 14.9 Å². The van der Waals surface area contributed by atoms with Crippen molar-refractivity contribution in [2.75, 3.05) is 39.4 Å². The Morgan fingerprint density at radius 1 is 1.43 bits per heavy atom. The molecular weight excluding hydrogens is 298 g/mol. The molecule has 7 nitrogen and oxygen atoms in total. The van der Waals surface area contributed by atoms with Crippen LogP contribution in [0.3, 0.4) is 0 Å². The second kappa shape index (κ2) is 7.35. The number of halogens is 1. The summed E-state index contributed by atoms with van der Waals surface area (Å²) in [6.45, 7) is 4.49. The number of ether oxygens (including phenoxy) is 1. The van der Waals surface area contributed by atoms with E-state index in [1.165, 1.54) is 23.1 Å². The molecule has 1 aliphatic heterocycles. The summed E-state index contributed by atoms with van der Waals surface area (Å²) in [6, 6.07) is 3.95. The van der Waals surface area contributed by atoms with E-state index in [9.17, 15) is 14.9 Å². The molecule has 1 aromatic carbocycles. The van der Waals surface area contributed by atoms with Gasteiger partial charge in [0.05, 0.1) is 31.2 Å². The molecule has 0 unspecified atom stereocenters. The normalized spacial score (nSPS) is 15.7. The van der Waals surface area contributed by atoms with Gasteiger partial charge in [0.25, 0.3) is 11.6 Å². The topological polar surface area (TPSA) is 85.9 Å². The van der Waals surface area contributed by atoms with Crippen molar-refractivity contribution < 1.29 is 19.4 Å². The molecule has 1 saturated heterocycles. The maximum absolute atomic E-state index is 12.1. The molecule has 0 saturated carbocycles. The van der Waals surface area contributed by atoms with Crippen LogP contribution in [-0.4, -0.2) is 50.2 Å². The van der Waals surface area contributed by atoms with E-state index in [4.69, 9.17) is 16.3 Å². The van der Waals surface area contributed by atoms with E-state index >= 15 is 0 Å². The van der Waals surface area contributed by atoms with Crippen LogP contribution in [0.15, 0.2) is 18.2 Å². The highest BCUT2D eigenvalue weighted by Gasteiger charge is 2.21. The molecule has 114 valence electrons. The fraction of sp³-hybridized carbons (Fsp3) is 0.462. The number of hydrogen-bond donors (Lipinski definition) is 2. The first-order valence-corrected chi connectivity index (χ1v) is 7.09. The summed E-state index contributed by atoms with van der Waals surface area (Å²) >= 11 is 5.80. The van der Waals surface area contributed by atoms with E-state index in [1.54, 1.807) is 0 Å². The number of nitro benzene ring substituents is 1. The van der Waals surface area contributed by atoms with Gasteiger partial charge in [0, 0.05) is 11.1 Å². The molecule has 0 radical (unpaired) electrons. The molecule has 8 heteroatoms. The SMILES string of the molecule is O=C(NCC[NH+]1CCOCC1)c1cc(Cl)ccc1[N+](=O)[O-]. The van der Waals surface area contributed by atoms with Crippen LogP contribution in [0.5, 0.6) is 0 Å². The number of rotatable bonds is 5. The molecule has 2 rings (SSSR count). The molecule has 0 bridgehead atoms. The van der Waals surface area contributed by atoms with Gasteiger partial charge in [-0.15, -0.1) is 0 Å². The van der Waals surface area contributed by atoms with E-state index < -0.39 is 10.8 Å². The van der Waals surface area contributed by atoms with E-state index in [0.717, 1.165) is 32.8 Å². The zero-order chi connectivity index (χ0) is 15.2. The number of amides is 1. The van der Waals surface area contributed by atoms with Crippen LogP contribution in [0, 0.1) is 10.1 Å². The predicted octanol–water partition coefficient (Wildman–Crippen LogP) is -0.107. The minimum Gasteiger partial charge on any atom is -0.370 e. The summed E-state index contributed by atoms with van der Waals surface area (Å²) in [7, 11) is 0. The van der Waals surface area contributed by atoms with Crippen molar-refractivity contribution in [1.82, 2.24) is 5.32 Å². The molecule has 21 heavy (non-hydrogen) atoms. The van der Waals surface area contributed by atoms with Gasteiger partial charge in [0.1, 0.15) is 18.7 Å². The van der Waals surface area contributed by atoms with Crippen molar-refractivity contribution in [2.45, 2.75) is 0 Å². The summed E-state index contributed by atoms with van der Waals surface area (Å²) in [5.41, 5.74) is -0.250. The number of nitrogens with zero attached hydrogens (tertiary/aromatic N) is 1. The highest BCUT2D eigenvalue weighted by molar-refractivity contribution is 6.31. The van der Waals surface area contributed by atoms with Gasteiger partial charge in [-0.2, -0.15) is 0 Å². The Morgan fingerprint density at radius 2 is 2.14 bits per heavy atom. The number of nitrogens with one attached hydrogen (secondary N) is 2. The zero-order valence-electron chi connectivity index (χ0n) is 11.4. The summed E-state index contributed by atoms with van der Waals surface area (Å²) < 4.78 is 5.25. The third kappa shape index (κ3) is 4.38. The second-order valence-corrected chi connectivity index (χ2v) is 5.22. The Bertz CT molecular complexity index is 532. The average Bonchev–Trinajstić information content (AvgIpc) is 2.47. The van der Waals surface area contributed by atoms with Crippen molar-refractivity contribution in [1.29, 1.82) is 0 Å². The summed E-state index contributed by atoms with van der Waals surface area (Å²) in [4.78, 5) is 23.7. The molecule has 0 aromatic heterocycles. The van der Waals surface area contributed by atoms with Gasteiger partial charge < -0.3 is 15.0 Å². The number of carbonyl (C=O) groups excluding carboxylic acids is 1. The van der Waals surface area contributed by atoms with E-state index in [2.05, 4.69) is 5.32 Å². The molecular formula is C13H17ClN3O4+. The molecule has 0 atom stereocenters. The van der Waals surface area contributed by atoms with Gasteiger partial charge in [-0.25, -0.2) is 0 Å². The molecule has 1 amide bonds. The lowest BCUT2D eigenvalue weighted by molar-refractivity contribution is -0.906. The van der Waals surface area contributed by atoms with Crippen molar-refractivity contribution in [3.63, 3.8) is 0 Å². The van der Waals surface area contributed by atoms with Crippen molar-refractivity contribution in [3.05, 3.63) is 38.9 Å². The number of morpholine rings is 1. The van der Waals surface area contributed by atoms with Gasteiger partial charge >= 0.3 is 0 Å². The molecule has 1 heterocycles. The summed E-state index contributed by atoms with van der Waals surface area (Å²) in [5.74, 6) is -0.475. The van der Waals surface area contributed by atoms with Gasteiger partial charge in [0.15, 0.2) is 0 Å². The van der Waals surface area contributed by atoms with Crippen LogP contribution in [0.25, 0.3) is 0 Å². The Labute approximate surface area is 127 Å². The Kier molecular flexibility index (Phi) is 5.49. The monoisotopic (exact) mass is 314 g/mol. The lowest BCUT2D eigenvalue weighted by Gasteiger charge is -2.23. The molecule has 1 aliphatic rings. The highest BCUT2D eigenvalue weighted by atomic mass is 35.5. The van der Waals surface area contributed by atoms with E-state index in [-0.39, 0.29) is 11.3 Å². The van der Waals surface area contributed by atoms with Crippen molar-refractivity contribution in [3.8, 4) is 0 Å².